The molecule has 1 aromatic rings. The predicted octanol–water partition coefficient (Wildman–Crippen LogP) is 0.998. The molecule has 0 radical (unpaired) electrons. The van der Waals surface area contributed by atoms with Crippen LogP contribution in [0.3, 0.4) is 0 Å². The van der Waals surface area contributed by atoms with Crippen molar-refractivity contribution in [2.24, 2.45) is 0 Å². The van der Waals surface area contributed by atoms with Crippen LogP contribution >= 0.6 is 8.25 Å². The van der Waals surface area contributed by atoms with Crippen LogP contribution in [0.15, 0.2) is 24.3 Å². The summed E-state index contributed by atoms with van der Waals surface area (Å²) in [5.41, 5.74) is 0.711. The van der Waals surface area contributed by atoms with Crippen molar-refractivity contribution in [1.82, 2.24) is 0 Å². The van der Waals surface area contributed by atoms with Gasteiger partial charge in [0.15, 0.2) is 0 Å². The van der Waals surface area contributed by atoms with E-state index in [2.05, 4.69) is 4.52 Å². The average molecular weight is 242 g/mol. The topological polar surface area (TPSA) is 71.1 Å². The lowest BCUT2D eigenvalue weighted by atomic mass is 10.2. The molecule has 6 heteroatoms. The van der Waals surface area contributed by atoms with E-state index in [1.54, 1.807) is 18.2 Å². The highest BCUT2D eigenvalue weighted by atomic mass is 31.1. The molecule has 1 fully saturated rings. The van der Waals surface area contributed by atoms with Crippen molar-refractivity contribution in [3.8, 4) is 5.75 Å². The molecule has 1 aromatic carbocycles. The van der Waals surface area contributed by atoms with Crippen molar-refractivity contribution in [1.29, 1.82) is 0 Å². The van der Waals surface area contributed by atoms with Crippen LogP contribution in [-0.2, 0) is 20.4 Å². The molecule has 2 unspecified atom stereocenters. The van der Waals surface area contributed by atoms with Crippen LogP contribution in [0.5, 0.6) is 5.75 Å². The van der Waals surface area contributed by atoms with E-state index in [1.807, 2.05) is 6.07 Å². The summed E-state index contributed by atoms with van der Waals surface area (Å²) in [5.74, 6) is 0.634. The van der Waals surface area contributed by atoms with Gasteiger partial charge in [-0.05, 0) is 10.6 Å². The van der Waals surface area contributed by atoms with E-state index < -0.39 is 8.25 Å². The Kier molecular flexibility index (Phi) is 3.85. The van der Waals surface area contributed by atoms with E-state index in [0.29, 0.717) is 17.9 Å². The lowest BCUT2D eigenvalue weighted by molar-refractivity contribution is -0.186. The quantitative estimate of drug-likeness (QED) is 0.549. The minimum atomic E-state index is -2.83. The number of hydrogen-bond donors (Lipinski definition) is 0. The highest BCUT2D eigenvalue weighted by Gasteiger charge is 2.23. The molecule has 0 N–H and O–H groups in total. The van der Waals surface area contributed by atoms with Gasteiger partial charge in [0.1, 0.15) is 25.1 Å². The Morgan fingerprint density at radius 3 is 2.94 bits per heavy atom. The maximum absolute atomic E-state index is 10.3. The molecule has 0 aliphatic carbocycles. The van der Waals surface area contributed by atoms with Crippen molar-refractivity contribution < 1.29 is 23.5 Å². The molecule has 0 saturated carbocycles. The fraction of sp³-hybridized carbons (Fsp3) is 0.400. The average Bonchev–Trinajstić information content (AvgIpc) is 3.08. The Hall–Kier alpha value is -1.00. The summed E-state index contributed by atoms with van der Waals surface area (Å²) in [6.45, 7) is 1.21. The van der Waals surface area contributed by atoms with Crippen molar-refractivity contribution in [2.75, 3.05) is 13.2 Å². The third-order valence-electron chi connectivity index (χ3n) is 2.13. The summed E-state index contributed by atoms with van der Waals surface area (Å²) in [5, 5.41) is 0. The minimum absolute atomic E-state index is 0.000398. The molecule has 0 amide bonds. The van der Waals surface area contributed by atoms with Gasteiger partial charge in [0.25, 0.3) is 0 Å². The SMILES string of the molecule is O=[P+]([O-])OCc1ccccc1OCC1CO1. The number of ether oxygens (including phenoxy) is 2. The van der Waals surface area contributed by atoms with Crippen LogP contribution in [0.2, 0.25) is 0 Å². The maximum atomic E-state index is 10.3. The lowest BCUT2D eigenvalue weighted by Gasteiger charge is -2.08. The van der Waals surface area contributed by atoms with E-state index in [1.165, 1.54) is 0 Å². The fourth-order valence-electron chi connectivity index (χ4n) is 1.23. The monoisotopic (exact) mass is 242 g/mol. The number of epoxide rings is 1. The highest BCUT2D eigenvalue weighted by Crippen LogP contribution is 2.23. The molecule has 1 aliphatic heterocycles. The van der Waals surface area contributed by atoms with Gasteiger partial charge in [-0.1, -0.05) is 18.2 Å². The van der Waals surface area contributed by atoms with Crippen molar-refractivity contribution in [3.05, 3.63) is 29.8 Å². The molecule has 1 heterocycles. The van der Waals surface area contributed by atoms with Crippen molar-refractivity contribution in [2.45, 2.75) is 12.7 Å². The molecule has 86 valence electrons. The van der Waals surface area contributed by atoms with Crippen LogP contribution < -0.4 is 9.63 Å². The van der Waals surface area contributed by atoms with E-state index in [9.17, 15) is 9.46 Å². The third-order valence-corrected chi connectivity index (χ3v) is 2.47. The van der Waals surface area contributed by atoms with E-state index >= 15 is 0 Å². The summed E-state index contributed by atoms with van der Waals surface area (Å²) in [4.78, 5) is 10.3. The first-order chi connectivity index (χ1) is 7.75. The van der Waals surface area contributed by atoms with Gasteiger partial charge in [-0.15, -0.1) is 4.52 Å². The number of benzene rings is 1. The lowest BCUT2D eigenvalue weighted by Crippen LogP contribution is -2.06. The Morgan fingerprint density at radius 1 is 1.50 bits per heavy atom. The molecule has 0 bridgehead atoms. The van der Waals surface area contributed by atoms with Gasteiger partial charge in [0, 0.05) is 5.56 Å². The zero-order valence-corrected chi connectivity index (χ0v) is 9.39. The largest absolute Gasteiger partial charge is 0.566 e. The Morgan fingerprint density at radius 2 is 2.25 bits per heavy atom. The summed E-state index contributed by atoms with van der Waals surface area (Å²) >= 11 is 0. The van der Waals surface area contributed by atoms with Crippen LogP contribution in [-0.4, -0.2) is 19.3 Å². The second kappa shape index (κ2) is 5.37. The second-order valence-corrected chi connectivity index (χ2v) is 4.08. The van der Waals surface area contributed by atoms with Gasteiger partial charge in [-0.25, -0.2) is 0 Å². The minimum Gasteiger partial charge on any atom is -0.566 e. The first-order valence-corrected chi connectivity index (χ1v) is 5.95. The first kappa shape index (κ1) is 11.5. The van der Waals surface area contributed by atoms with Gasteiger partial charge >= 0.3 is 8.25 Å². The van der Waals surface area contributed by atoms with Crippen LogP contribution in [0.1, 0.15) is 5.56 Å². The zero-order chi connectivity index (χ0) is 11.4. The number of para-hydroxylation sites is 1. The molecular formula is C10H11O5P. The third kappa shape index (κ3) is 3.54. The molecule has 2 atom stereocenters. The zero-order valence-electron chi connectivity index (χ0n) is 8.50. The normalized spacial score (nSPS) is 19.3. The van der Waals surface area contributed by atoms with Crippen LogP contribution in [0, 0.1) is 0 Å². The summed E-state index contributed by atoms with van der Waals surface area (Å²) < 4.78 is 25.4. The van der Waals surface area contributed by atoms with Crippen molar-refractivity contribution in [3.63, 3.8) is 0 Å². The summed E-state index contributed by atoms with van der Waals surface area (Å²) in [6, 6.07) is 7.17. The molecule has 1 aliphatic rings. The Labute approximate surface area is 93.9 Å². The van der Waals surface area contributed by atoms with E-state index in [-0.39, 0.29) is 12.7 Å². The molecule has 1 saturated heterocycles. The van der Waals surface area contributed by atoms with Crippen LogP contribution in [0.4, 0.5) is 0 Å². The van der Waals surface area contributed by atoms with Crippen molar-refractivity contribution >= 4 is 8.25 Å². The standard InChI is InChI=1S/C10H11O5P/c11-16(12)15-5-8-3-1-2-4-10(8)14-7-9-6-13-9/h1-4,9H,5-7H2. The van der Waals surface area contributed by atoms with E-state index in [0.717, 1.165) is 6.61 Å². The van der Waals surface area contributed by atoms with Crippen LogP contribution in [0.25, 0.3) is 0 Å². The molecular weight excluding hydrogens is 231 g/mol. The fourth-order valence-corrected chi connectivity index (χ4v) is 1.48. The van der Waals surface area contributed by atoms with E-state index in [4.69, 9.17) is 9.47 Å². The summed E-state index contributed by atoms with van der Waals surface area (Å²) in [6.07, 6.45) is 0.171. The first-order valence-electron chi connectivity index (χ1n) is 4.85. The van der Waals surface area contributed by atoms with Gasteiger partial charge in [0.05, 0.1) is 6.61 Å². The molecule has 0 spiro atoms. The van der Waals surface area contributed by atoms with Gasteiger partial charge in [-0.2, -0.15) is 0 Å². The van der Waals surface area contributed by atoms with Gasteiger partial charge in [0.2, 0.25) is 0 Å². The molecule has 5 nitrogen and oxygen atoms in total. The van der Waals surface area contributed by atoms with Gasteiger partial charge < -0.3 is 14.4 Å². The second-order valence-electron chi connectivity index (χ2n) is 3.37. The summed E-state index contributed by atoms with van der Waals surface area (Å²) in [7, 11) is -2.83. The number of rotatable bonds is 6. The highest BCUT2D eigenvalue weighted by molar-refractivity contribution is 7.30. The smallest absolute Gasteiger partial charge is 0.488 e. The maximum Gasteiger partial charge on any atom is 0.488 e. The van der Waals surface area contributed by atoms with Gasteiger partial charge in [-0.3, -0.25) is 0 Å². The predicted molar refractivity (Wildman–Crippen MR) is 54.1 cm³/mol. The molecule has 16 heavy (non-hydrogen) atoms. The molecule has 2 rings (SSSR count). The number of hydrogen-bond acceptors (Lipinski definition) is 5. The molecule has 0 aromatic heterocycles. The Balaban J connectivity index is 1.94. The Bertz CT molecular complexity index is 377.